The van der Waals surface area contributed by atoms with Crippen LogP contribution in [0.1, 0.15) is 23.7 Å². The summed E-state index contributed by atoms with van der Waals surface area (Å²) in [5.74, 6) is 1.29. The van der Waals surface area contributed by atoms with Gasteiger partial charge in [0.05, 0.1) is 24.8 Å². The molecule has 0 saturated carbocycles. The third-order valence-corrected chi connectivity index (χ3v) is 4.21. The zero-order valence-electron chi connectivity index (χ0n) is 13.6. The smallest absolute Gasteiger partial charge is 0.226 e. The van der Waals surface area contributed by atoms with Crippen molar-refractivity contribution in [3.63, 3.8) is 0 Å². The average molecular weight is 334 g/mol. The number of nitrogens with one attached hydrogen (secondary N) is 1. The monoisotopic (exact) mass is 334 g/mol. The SMILES string of the molecule is O=C(Cc1coc(-c2ccccc2)n1)N[C@H]1CCOc2ccccc21. The highest BCUT2D eigenvalue weighted by Gasteiger charge is 2.23. The Morgan fingerprint density at radius 1 is 1.12 bits per heavy atom. The van der Waals surface area contributed by atoms with Gasteiger partial charge in [-0.25, -0.2) is 4.98 Å². The lowest BCUT2D eigenvalue weighted by Gasteiger charge is -2.26. The molecule has 25 heavy (non-hydrogen) atoms. The molecule has 5 heteroatoms. The molecular weight excluding hydrogens is 316 g/mol. The lowest BCUT2D eigenvalue weighted by molar-refractivity contribution is -0.121. The zero-order valence-corrected chi connectivity index (χ0v) is 13.6. The summed E-state index contributed by atoms with van der Waals surface area (Å²) in [4.78, 5) is 16.8. The lowest BCUT2D eigenvalue weighted by Crippen LogP contribution is -2.33. The number of benzene rings is 2. The maximum atomic E-state index is 12.4. The Hall–Kier alpha value is -3.08. The Kier molecular flexibility index (Phi) is 4.21. The fourth-order valence-electron chi connectivity index (χ4n) is 3.00. The molecule has 0 unspecified atom stereocenters. The average Bonchev–Trinajstić information content (AvgIpc) is 3.11. The summed E-state index contributed by atoms with van der Waals surface area (Å²) in [5, 5.41) is 3.07. The predicted octanol–water partition coefficient (Wildman–Crippen LogP) is 3.52. The number of carbonyl (C=O) groups is 1. The van der Waals surface area contributed by atoms with Crippen LogP contribution >= 0.6 is 0 Å². The van der Waals surface area contributed by atoms with Crippen molar-refractivity contribution in [2.45, 2.75) is 18.9 Å². The van der Waals surface area contributed by atoms with Crippen LogP contribution in [0.5, 0.6) is 5.75 Å². The molecule has 1 aliphatic rings. The van der Waals surface area contributed by atoms with Gasteiger partial charge in [0.2, 0.25) is 11.8 Å². The second-order valence-electron chi connectivity index (χ2n) is 5.98. The molecular formula is C20H18N2O3. The fourth-order valence-corrected chi connectivity index (χ4v) is 3.00. The molecule has 1 amide bonds. The van der Waals surface area contributed by atoms with Gasteiger partial charge in [-0.1, -0.05) is 36.4 Å². The number of ether oxygens (including phenoxy) is 1. The van der Waals surface area contributed by atoms with Gasteiger partial charge in [0, 0.05) is 17.5 Å². The largest absolute Gasteiger partial charge is 0.493 e. The standard InChI is InChI=1S/C20H18N2O3/c23-19(22-17-10-11-24-18-9-5-4-8-16(17)18)12-15-13-25-20(21-15)14-6-2-1-3-7-14/h1-9,13,17H,10-12H2,(H,22,23)/t17-/m0/s1. The fraction of sp³-hybridized carbons (Fsp3) is 0.200. The van der Waals surface area contributed by atoms with Crippen LogP contribution in [0.4, 0.5) is 0 Å². The highest BCUT2D eigenvalue weighted by Crippen LogP contribution is 2.31. The number of nitrogens with zero attached hydrogens (tertiary/aromatic N) is 1. The Balaban J connectivity index is 1.43. The number of amides is 1. The van der Waals surface area contributed by atoms with Crippen molar-refractivity contribution < 1.29 is 13.9 Å². The quantitative estimate of drug-likeness (QED) is 0.793. The highest BCUT2D eigenvalue weighted by molar-refractivity contribution is 5.78. The van der Waals surface area contributed by atoms with Gasteiger partial charge < -0.3 is 14.5 Å². The van der Waals surface area contributed by atoms with E-state index in [1.54, 1.807) is 6.26 Å². The maximum absolute atomic E-state index is 12.4. The Morgan fingerprint density at radius 2 is 1.92 bits per heavy atom. The van der Waals surface area contributed by atoms with Crippen molar-refractivity contribution in [3.05, 3.63) is 72.1 Å². The van der Waals surface area contributed by atoms with Gasteiger partial charge in [0.15, 0.2) is 0 Å². The summed E-state index contributed by atoms with van der Waals surface area (Å²) < 4.78 is 11.1. The summed E-state index contributed by atoms with van der Waals surface area (Å²) in [5.41, 5.74) is 2.54. The van der Waals surface area contributed by atoms with E-state index in [1.165, 1.54) is 0 Å². The van der Waals surface area contributed by atoms with Crippen molar-refractivity contribution in [1.29, 1.82) is 0 Å². The summed E-state index contributed by atoms with van der Waals surface area (Å²) in [6.07, 6.45) is 2.49. The second kappa shape index (κ2) is 6.81. The summed E-state index contributed by atoms with van der Waals surface area (Å²) >= 11 is 0. The summed E-state index contributed by atoms with van der Waals surface area (Å²) in [7, 11) is 0. The van der Waals surface area contributed by atoms with E-state index in [0.717, 1.165) is 23.3 Å². The van der Waals surface area contributed by atoms with Crippen LogP contribution in [0.3, 0.4) is 0 Å². The van der Waals surface area contributed by atoms with E-state index in [1.807, 2.05) is 54.6 Å². The van der Waals surface area contributed by atoms with Crippen LogP contribution in [0.15, 0.2) is 65.3 Å². The van der Waals surface area contributed by atoms with Gasteiger partial charge in [-0.3, -0.25) is 4.79 Å². The Bertz CT molecular complexity index is 873. The highest BCUT2D eigenvalue weighted by atomic mass is 16.5. The summed E-state index contributed by atoms with van der Waals surface area (Å²) in [6, 6.07) is 17.4. The maximum Gasteiger partial charge on any atom is 0.226 e. The van der Waals surface area contributed by atoms with Gasteiger partial charge >= 0.3 is 0 Å². The zero-order chi connectivity index (χ0) is 17.1. The molecule has 0 saturated heterocycles. The Morgan fingerprint density at radius 3 is 2.80 bits per heavy atom. The van der Waals surface area contributed by atoms with Crippen LogP contribution in [0.2, 0.25) is 0 Å². The molecule has 0 radical (unpaired) electrons. The molecule has 5 nitrogen and oxygen atoms in total. The number of hydrogen-bond donors (Lipinski definition) is 1. The number of fused-ring (bicyclic) bond motifs is 1. The normalized spacial score (nSPS) is 15.9. The molecule has 2 heterocycles. The van der Waals surface area contributed by atoms with E-state index in [-0.39, 0.29) is 18.4 Å². The van der Waals surface area contributed by atoms with E-state index >= 15 is 0 Å². The molecule has 0 bridgehead atoms. The van der Waals surface area contributed by atoms with Crippen LogP contribution in [-0.4, -0.2) is 17.5 Å². The minimum absolute atomic E-state index is 0.0297. The molecule has 3 aromatic rings. The van der Waals surface area contributed by atoms with Crippen molar-refractivity contribution in [3.8, 4) is 17.2 Å². The van der Waals surface area contributed by atoms with E-state index in [0.29, 0.717) is 18.2 Å². The first kappa shape index (κ1) is 15.4. The van der Waals surface area contributed by atoms with E-state index in [4.69, 9.17) is 9.15 Å². The van der Waals surface area contributed by atoms with Gasteiger partial charge in [-0.15, -0.1) is 0 Å². The number of aromatic nitrogens is 1. The van der Waals surface area contributed by atoms with Crippen molar-refractivity contribution in [2.24, 2.45) is 0 Å². The number of carbonyl (C=O) groups excluding carboxylic acids is 1. The van der Waals surface area contributed by atoms with Crippen molar-refractivity contribution >= 4 is 5.91 Å². The molecule has 4 rings (SSSR count). The molecule has 0 spiro atoms. The third kappa shape index (κ3) is 3.40. The van der Waals surface area contributed by atoms with Gasteiger partial charge in [0.25, 0.3) is 0 Å². The third-order valence-electron chi connectivity index (χ3n) is 4.21. The minimum atomic E-state index is -0.0744. The first-order valence-electron chi connectivity index (χ1n) is 8.30. The molecule has 126 valence electrons. The molecule has 1 atom stereocenters. The van der Waals surface area contributed by atoms with Gasteiger partial charge in [-0.05, 0) is 18.2 Å². The molecule has 1 aliphatic heterocycles. The molecule has 0 fully saturated rings. The number of hydrogen-bond acceptors (Lipinski definition) is 4. The minimum Gasteiger partial charge on any atom is -0.493 e. The van der Waals surface area contributed by atoms with E-state index < -0.39 is 0 Å². The summed E-state index contributed by atoms with van der Waals surface area (Å²) in [6.45, 7) is 0.601. The second-order valence-corrected chi connectivity index (χ2v) is 5.98. The van der Waals surface area contributed by atoms with E-state index in [9.17, 15) is 4.79 Å². The molecule has 1 N–H and O–H groups in total. The van der Waals surface area contributed by atoms with Crippen LogP contribution in [0, 0.1) is 0 Å². The predicted molar refractivity (Wildman–Crippen MR) is 93.1 cm³/mol. The Labute approximate surface area is 145 Å². The molecule has 2 aromatic carbocycles. The van der Waals surface area contributed by atoms with Crippen LogP contribution in [0.25, 0.3) is 11.5 Å². The first-order valence-corrected chi connectivity index (χ1v) is 8.30. The first-order chi connectivity index (χ1) is 12.3. The molecule has 1 aromatic heterocycles. The number of rotatable bonds is 4. The van der Waals surface area contributed by atoms with Crippen LogP contribution < -0.4 is 10.1 Å². The van der Waals surface area contributed by atoms with Gasteiger partial charge in [0.1, 0.15) is 12.0 Å². The van der Waals surface area contributed by atoms with Crippen LogP contribution in [-0.2, 0) is 11.2 Å². The number of oxazole rings is 1. The van der Waals surface area contributed by atoms with E-state index in [2.05, 4.69) is 10.3 Å². The van der Waals surface area contributed by atoms with Crippen molar-refractivity contribution in [1.82, 2.24) is 10.3 Å². The van der Waals surface area contributed by atoms with Gasteiger partial charge in [-0.2, -0.15) is 0 Å². The lowest BCUT2D eigenvalue weighted by atomic mass is 10.0. The topological polar surface area (TPSA) is 64.4 Å². The molecule has 0 aliphatic carbocycles. The number of para-hydroxylation sites is 1. The van der Waals surface area contributed by atoms with Crippen molar-refractivity contribution in [2.75, 3.05) is 6.61 Å².